The lowest BCUT2D eigenvalue weighted by molar-refractivity contribution is 0.425. The summed E-state index contributed by atoms with van der Waals surface area (Å²) in [7, 11) is 0. The van der Waals surface area contributed by atoms with Crippen LogP contribution in [-0.2, 0) is 0 Å². The van der Waals surface area contributed by atoms with Gasteiger partial charge in [-0.25, -0.2) is 0 Å². The summed E-state index contributed by atoms with van der Waals surface area (Å²) in [6, 6.07) is 0. The van der Waals surface area contributed by atoms with Crippen LogP contribution in [0.5, 0.6) is 0 Å². The van der Waals surface area contributed by atoms with Crippen molar-refractivity contribution >= 4 is 0 Å². The molecular formula is C11H16N2. The Morgan fingerprint density at radius 3 is 2.62 bits per heavy atom. The topological polar surface area (TPSA) is 27.0 Å². The van der Waals surface area contributed by atoms with Crippen LogP contribution in [0.3, 0.4) is 0 Å². The van der Waals surface area contributed by atoms with Gasteiger partial charge in [0.15, 0.2) is 6.19 Å². The number of allylic oxidation sites excluding steroid dienone is 2. The number of hydrogen-bond donors (Lipinski definition) is 0. The standard InChI is InChI=1S/C11H16N2/c1-4-7-11(6-3)9-13(10-12)8-5-2/h4,6-7H,1,3,5,8-9H2,2H3/b11-7+. The maximum atomic E-state index is 8.76. The third-order valence-electron chi connectivity index (χ3n) is 1.60. The largest absolute Gasteiger partial charge is 0.306 e. The lowest BCUT2D eigenvalue weighted by Gasteiger charge is -2.14. The van der Waals surface area contributed by atoms with Gasteiger partial charge < -0.3 is 4.90 Å². The summed E-state index contributed by atoms with van der Waals surface area (Å²) in [6.07, 6.45) is 8.44. The first-order valence-electron chi connectivity index (χ1n) is 4.37. The predicted octanol–water partition coefficient (Wildman–Crippen LogP) is 2.48. The minimum Gasteiger partial charge on any atom is -0.306 e. The number of rotatable bonds is 6. The summed E-state index contributed by atoms with van der Waals surface area (Å²) in [5, 5.41) is 8.76. The Morgan fingerprint density at radius 2 is 2.23 bits per heavy atom. The van der Waals surface area contributed by atoms with Gasteiger partial charge in [-0.2, -0.15) is 5.26 Å². The molecule has 0 aromatic carbocycles. The summed E-state index contributed by atoms with van der Waals surface area (Å²) >= 11 is 0. The van der Waals surface area contributed by atoms with Crippen molar-refractivity contribution < 1.29 is 0 Å². The van der Waals surface area contributed by atoms with Crippen LogP contribution in [-0.4, -0.2) is 18.0 Å². The molecule has 0 aliphatic carbocycles. The maximum Gasteiger partial charge on any atom is 0.179 e. The van der Waals surface area contributed by atoms with E-state index in [4.69, 9.17) is 5.26 Å². The fraction of sp³-hybridized carbons (Fsp3) is 0.364. The van der Waals surface area contributed by atoms with E-state index in [1.165, 1.54) is 0 Å². The fourth-order valence-electron chi connectivity index (χ4n) is 0.991. The number of hydrogen-bond acceptors (Lipinski definition) is 2. The highest BCUT2D eigenvalue weighted by atomic mass is 15.1. The van der Waals surface area contributed by atoms with Crippen molar-refractivity contribution in [2.45, 2.75) is 13.3 Å². The first kappa shape index (κ1) is 11.5. The molecule has 0 saturated carbocycles. The summed E-state index contributed by atoms with van der Waals surface area (Å²) in [6.45, 7) is 10.7. The van der Waals surface area contributed by atoms with E-state index in [2.05, 4.69) is 26.3 Å². The second-order valence-corrected chi connectivity index (χ2v) is 2.70. The van der Waals surface area contributed by atoms with Gasteiger partial charge >= 0.3 is 0 Å². The van der Waals surface area contributed by atoms with E-state index >= 15 is 0 Å². The maximum absolute atomic E-state index is 8.76. The van der Waals surface area contributed by atoms with E-state index in [0.717, 1.165) is 18.5 Å². The normalized spacial score (nSPS) is 10.3. The Morgan fingerprint density at radius 1 is 1.54 bits per heavy atom. The molecule has 0 amide bonds. The first-order valence-corrected chi connectivity index (χ1v) is 4.37. The second kappa shape index (κ2) is 7.17. The zero-order valence-electron chi connectivity index (χ0n) is 8.16. The van der Waals surface area contributed by atoms with Gasteiger partial charge in [0.05, 0.1) is 6.54 Å². The lowest BCUT2D eigenvalue weighted by Crippen LogP contribution is -2.20. The molecule has 0 rings (SSSR count). The molecule has 0 N–H and O–H groups in total. The first-order chi connectivity index (χ1) is 6.28. The van der Waals surface area contributed by atoms with Gasteiger partial charge in [0.25, 0.3) is 0 Å². The van der Waals surface area contributed by atoms with Crippen molar-refractivity contribution in [1.29, 1.82) is 5.26 Å². The minimum absolute atomic E-state index is 0.625. The molecule has 2 nitrogen and oxygen atoms in total. The highest BCUT2D eigenvalue weighted by molar-refractivity contribution is 5.23. The summed E-state index contributed by atoms with van der Waals surface area (Å²) < 4.78 is 0. The summed E-state index contributed by atoms with van der Waals surface area (Å²) in [5.74, 6) is 0. The van der Waals surface area contributed by atoms with Crippen molar-refractivity contribution in [3.63, 3.8) is 0 Å². The van der Waals surface area contributed by atoms with Crippen LogP contribution in [0.25, 0.3) is 0 Å². The third kappa shape index (κ3) is 4.86. The van der Waals surface area contributed by atoms with E-state index < -0.39 is 0 Å². The van der Waals surface area contributed by atoms with E-state index in [1.807, 2.05) is 6.08 Å². The van der Waals surface area contributed by atoms with Gasteiger partial charge in [0.2, 0.25) is 0 Å². The Bertz CT molecular complexity index is 233. The van der Waals surface area contributed by atoms with E-state index in [0.29, 0.717) is 6.54 Å². The van der Waals surface area contributed by atoms with E-state index in [1.54, 1.807) is 17.1 Å². The molecular weight excluding hydrogens is 160 g/mol. The monoisotopic (exact) mass is 176 g/mol. The fourth-order valence-corrected chi connectivity index (χ4v) is 0.991. The van der Waals surface area contributed by atoms with Crippen LogP contribution in [0.15, 0.2) is 37.0 Å². The smallest absolute Gasteiger partial charge is 0.179 e. The zero-order valence-corrected chi connectivity index (χ0v) is 8.16. The number of nitriles is 1. The van der Waals surface area contributed by atoms with Crippen LogP contribution < -0.4 is 0 Å². The van der Waals surface area contributed by atoms with Crippen LogP contribution in [0, 0.1) is 11.5 Å². The van der Waals surface area contributed by atoms with Crippen LogP contribution in [0.2, 0.25) is 0 Å². The minimum atomic E-state index is 0.625. The molecule has 0 spiro atoms. The quantitative estimate of drug-likeness (QED) is 0.353. The van der Waals surface area contributed by atoms with Gasteiger partial charge in [-0.15, -0.1) is 0 Å². The van der Waals surface area contributed by atoms with Crippen molar-refractivity contribution in [3.8, 4) is 6.19 Å². The SMILES string of the molecule is C=C/C=C(\C=C)CN(C#N)CCC. The van der Waals surface area contributed by atoms with E-state index in [-0.39, 0.29) is 0 Å². The third-order valence-corrected chi connectivity index (χ3v) is 1.60. The predicted molar refractivity (Wildman–Crippen MR) is 56.0 cm³/mol. The molecule has 13 heavy (non-hydrogen) atoms. The molecule has 0 aliphatic rings. The van der Waals surface area contributed by atoms with Crippen molar-refractivity contribution in [3.05, 3.63) is 37.0 Å². The summed E-state index contributed by atoms with van der Waals surface area (Å²) in [4.78, 5) is 1.71. The van der Waals surface area contributed by atoms with E-state index in [9.17, 15) is 0 Å². The molecule has 0 bridgehead atoms. The van der Waals surface area contributed by atoms with Gasteiger partial charge in [-0.1, -0.05) is 38.3 Å². The number of nitrogens with zero attached hydrogens (tertiary/aromatic N) is 2. The Balaban J connectivity index is 4.20. The van der Waals surface area contributed by atoms with Gasteiger partial charge in [-0.05, 0) is 12.0 Å². The highest BCUT2D eigenvalue weighted by Gasteiger charge is 2.00. The summed E-state index contributed by atoms with van der Waals surface area (Å²) in [5.41, 5.74) is 1.02. The molecule has 0 radical (unpaired) electrons. The molecule has 0 aromatic heterocycles. The lowest BCUT2D eigenvalue weighted by atomic mass is 10.2. The van der Waals surface area contributed by atoms with Crippen molar-refractivity contribution in [2.75, 3.05) is 13.1 Å². The average molecular weight is 176 g/mol. The molecule has 0 aromatic rings. The van der Waals surface area contributed by atoms with Crippen LogP contribution in [0.4, 0.5) is 0 Å². The molecule has 0 saturated heterocycles. The van der Waals surface area contributed by atoms with Crippen molar-refractivity contribution in [2.24, 2.45) is 0 Å². The highest BCUT2D eigenvalue weighted by Crippen LogP contribution is 2.00. The Hall–Kier alpha value is -1.49. The second-order valence-electron chi connectivity index (χ2n) is 2.70. The molecule has 0 fully saturated rings. The van der Waals surface area contributed by atoms with Crippen LogP contribution >= 0.6 is 0 Å². The van der Waals surface area contributed by atoms with Crippen LogP contribution in [0.1, 0.15) is 13.3 Å². The van der Waals surface area contributed by atoms with Gasteiger partial charge in [-0.3, -0.25) is 0 Å². The molecule has 0 heterocycles. The van der Waals surface area contributed by atoms with Gasteiger partial charge in [0, 0.05) is 6.54 Å². The van der Waals surface area contributed by atoms with Crippen molar-refractivity contribution in [1.82, 2.24) is 4.90 Å². The molecule has 2 heteroatoms. The molecule has 70 valence electrons. The average Bonchev–Trinajstić information content (AvgIpc) is 2.16. The Labute approximate surface area is 80.5 Å². The molecule has 0 aliphatic heterocycles. The zero-order chi connectivity index (χ0) is 10.1. The molecule has 0 unspecified atom stereocenters. The molecule has 0 atom stereocenters. The Kier molecular flexibility index (Phi) is 6.35. The van der Waals surface area contributed by atoms with Gasteiger partial charge in [0.1, 0.15) is 0 Å².